The summed E-state index contributed by atoms with van der Waals surface area (Å²) in [6.45, 7) is 1.22. The molecule has 1 aromatic carbocycles. The van der Waals surface area contributed by atoms with Crippen LogP contribution in [-0.4, -0.2) is 30.0 Å². The summed E-state index contributed by atoms with van der Waals surface area (Å²) in [6.07, 6.45) is 4.80. The third kappa shape index (κ3) is 2.49. The zero-order chi connectivity index (χ0) is 13.9. The maximum absolute atomic E-state index is 5.79. The molecule has 106 valence electrons. The average molecular weight is 273 g/mol. The Hall–Kier alpha value is -2.01. The second-order valence-corrected chi connectivity index (χ2v) is 4.94. The first-order valence-corrected chi connectivity index (χ1v) is 6.81. The normalized spacial score (nSPS) is 15.1. The van der Waals surface area contributed by atoms with Crippen molar-refractivity contribution in [2.24, 2.45) is 7.05 Å². The highest BCUT2D eigenvalue weighted by atomic mass is 16.6. The van der Waals surface area contributed by atoms with E-state index < -0.39 is 0 Å². The highest BCUT2D eigenvalue weighted by Gasteiger charge is 2.21. The van der Waals surface area contributed by atoms with Crippen LogP contribution >= 0.6 is 0 Å². The molecule has 2 heterocycles. The summed E-state index contributed by atoms with van der Waals surface area (Å²) in [6, 6.07) is 6.23. The maximum atomic E-state index is 5.79. The zero-order valence-electron chi connectivity index (χ0n) is 11.8. The van der Waals surface area contributed by atoms with E-state index in [1.165, 1.54) is 5.56 Å². The van der Waals surface area contributed by atoms with Crippen molar-refractivity contribution >= 4 is 0 Å². The minimum absolute atomic E-state index is 0.177. The molecule has 0 saturated heterocycles. The van der Waals surface area contributed by atoms with Crippen molar-refractivity contribution in [3.63, 3.8) is 0 Å². The molecule has 0 radical (unpaired) electrons. The second-order valence-electron chi connectivity index (χ2n) is 4.94. The van der Waals surface area contributed by atoms with Gasteiger partial charge in [-0.3, -0.25) is 4.68 Å². The Morgan fingerprint density at radius 3 is 2.95 bits per heavy atom. The number of aryl methyl sites for hydroxylation is 1. The van der Waals surface area contributed by atoms with Crippen LogP contribution in [0.3, 0.4) is 0 Å². The minimum atomic E-state index is 0.177. The van der Waals surface area contributed by atoms with Crippen molar-refractivity contribution in [3.8, 4) is 11.5 Å². The Morgan fingerprint density at radius 2 is 2.20 bits per heavy atom. The zero-order valence-corrected chi connectivity index (χ0v) is 11.8. The number of benzene rings is 1. The molecular weight excluding hydrogens is 254 g/mol. The summed E-state index contributed by atoms with van der Waals surface area (Å²) in [5.41, 5.74) is 2.33. The lowest BCUT2D eigenvalue weighted by molar-refractivity contribution is 0.168. The monoisotopic (exact) mass is 273 g/mol. The molecule has 1 aromatic heterocycles. The summed E-state index contributed by atoms with van der Waals surface area (Å²) in [4.78, 5) is 0. The Labute approximate surface area is 118 Å². The summed E-state index contributed by atoms with van der Waals surface area (Å²) in [5, 5.41) is 7.57. The van der Waals surface area contributed by atoms with E-state index in [0.717, 1.165) is 23.5 Å². The van der Waals surface area contributed by atoms with Crippen LogP contribution in [0.1, 0.15) is 17.2 Å². The van der Waals surface area contributed by atoms with Crippen molar-refractivity contribution in [1.29, 1.82) is 0 Å². The quantitative estimate of drug-likeness (QED) is 0.921. The molecule has 0 bridgehead atoms. The van der Waals surface area contributed by atoms with Crippen molar-refractivity contribution in [2.75, 3.05) is 20.3 Å². The molecular formula is C15H19N3O2. The van der Waals surface area contributed by atoms with Crippen molar-refractivity contribution in [3.05, 3.63) is 41.7 Å². The number of aromatic nitrogens is 2. The Bertz CT molecular complexity index is 595. The largest absolute Gasteiger partial charge is 0.486 e. The fraction of sp³-hybridized carbons (Fsp3) is 0.400. The van der Waals surface area contributed by atoms with Crippen LogP contribution in [0.25, 0.3) is 0 Å². The highest BCUT2D eigenvalue weighted by Crippen LogP contribution is 2.37. The molecule has 1 atom stereocenters. The van der Waals surface area contributed by atoms with Gasteiger partial charge in [0.1, 0.15) is 13.2 Å². The van der Waals surface area contributed by atoms with Gasteiger partial charge in [-0.05, 0) is 25.1 Å². The molecule has 1 unspecified atom stereocenters. The van der Waals surface area contributed by atoms with Gasteiger partial charge in [-0.1, -0.05) is 12.1 Å². The molecule has 3 rings (SSSR count). The fourth-order valence-electron chi connectivity index (χ4n) is 2.55. The number of rotatable bonds is 4. The van der Waals surface area contributed by atoms with Gasteiger partial charge >= 0.3 is 0 Å². The molecule has 0 saturated carbocycles. The molecule has 2 aromatic rings. The summed E-state index contributed by atoms with van der Waals surface area (Å²) < 4.78 is 13.3. The first-order chi connectivity index (χ1) is 9.78. The van der Waals surface area contributed by atoms with Gasteiger partial charge in [0.25, 0.3) is 0 Å². The predicted octanol–water partition coefficient (Wildman–Crippen LogP) is 1.69. The van der Waals surface area contributed by atoms with E-state index in [4.69, 9.17) is 9.47 Å². The Morgan fingerprint density at radius 1 is 1.35 bits per heavy atom. The van der Waals surface area contributed by atoms with E-state index in [1.807, 2.05) is 43.3 Å². The van der Waals surface area contributed by atoms with Crippen molar-refractivity contribution in [1.82, 2.24) is 15.1 Å². The predicted molar refractivity (Wildman–Crippen MR) is 76.1 cm³/mol. The summed E-state index contributed by atoms with van der Waals surface area (Å²) in [7, 11) is 3.89. The lowest BCUT2D eigenvalue weighted by atomic mass is 9.99. The minimum Gasteiger partial charge on any atom is -0.486 e. The van der Waals surface area contributed by atoms with Crippen LogP contribution in [-0.2, 0) is 13.5 Å². The Balaban J connectivity index is 1.89. The average Bonchev–Trinajstić information content (AvgIpc) is 2.89. The molecule has 0 spiro atoms. The second kappa shape index (κ2) is 5.54. The number of fused-ring (bicyclic) bond motifs is 1. The van der Waals surface area contributed by atoms with Gasteiger partial charge in [-0.25, -0.2) is 0 Å². The van der Waals surface area contributed by atoms with Gasteiger partial charge in [-0.15, -0.1) is 0 Å². The first kappa shape index (κ1) is 13.0. The topological polar surface area (TPSA) is 48.3 Å². The van der Waals surface area contributed by atoms with E-state index in [0.29, 0.717) is 13.2 Å². The fourth-order valence-corrected chi connectivity index (χ4v) is 2.55. The summed E-state index contributed by atoms with van der Waals surface area (Å²) in [5.74, 6) is 1.70. The number of hydrogen-bond acceptors (Lipinski definition) is 4. The molecule has 0 aliphatic carbocycles. The van der Waals surface area contributed by atoms with Crippen LogP contribution in [0.4, 0.5) is 0 Å². The van der Waals surface area contributed by atoms with Gasteiger partial charge in [0, 0.05) is 24.8 Å². The molecule has 1 aliphatic heterocycles. The van der Waals surface area contributed by atoms with Crippen molar-refractivity contribution in [2.45, 2.75) is 12.5 Å². The van der Waals surface area contributed by atoms with Gasteiger partial charge in [0.15, 0.2) is 11.5 Å². The molecule has 1 aliphatic rings. The van der Waals surface area contributed by atoms with Crippen LogP contribution in [0.15, 0.2) is 30.6 Å². The number of ether oxygens (including phenoxy) is 2. The van der Waals surface area contributed by atoms with E-state index in [1.54, 1.807) is 0 Å². The third-order valence-corrected chi connectivity index (χ3v) is 3.52. The number of nitrogens with one attached hydrogen (secondary N) is 1. The van der Waals surface area contributed by atoms with Crippen LogP contribution < -0.4 is 14.8 Å². The number of para-hydroxylation sites is 1. The first-order valence-electron chi connectivity index (χ1n) is 6.81. The van der Waals surface area contributed by atoms with Gasteiger partial charge in [0.2, 0.25) is 0 Å². The highest BCUT2D eigenvalue weighted by molar-refractivity contribution is 5.49. The van der Waals surface area contributed by atoms with Gasteiger partial charge in [-0.2, -0.15) is 5.10 Å². The maximum Gasteiger partial charge on any atom is 0.166 e. The smallest absolute Gasteiger partial charge is 0.166 e. The molecule has 20 heavy (non-hydrogen) atoms. The van der Waals surface area contributed by atoms with E-state index in [2.05, 4.69) is 16.5 Å². The van der Waals surface area contributed by atoms with Gasteiger partial charge < -0.3 is 14.8 Å². The van der Waals surface area contributed by atoms with Crippen LogP contribution in [0, 0.1) is 0 Å². The Kier molecular flexibility index (Phi) is 3.60. The molecule has 5 heteroatoms. The van der Waals surface area contributed by atoms with Gasteiger partial charge in [0.05, 0.1) is 6.20 Å². The molecule has 0 fully saturated rings. The van der Waals surface area contributed by atoms with E-state index >= 15 is 0 Å². The lowest BCUT2D eigenvalue weighted by Gasteiger charge is -2.25. The standard InChI is InChI=1S/C15H19N3O2/c1-16-13(8-11-9-17-18(2)10-11)12-4-3-5-14-15(12)20-7-6-19-14/h3-5,9-10,13,16H,6-8H2,1-2H3. The SMILES string of the molecule is CNC(Cc1cnn(C)c1)c1cccc2c1OCCO2. The third-order valence-electron chi connectivity index (χ3n) is 3.52. The van der Waals surface area contributed by atoms with E-state index in [-0.39, 0.29) is 6.04 Å². The molecule has 1 N–H and O–H groups in total. The van der Waals surface area contributed by atoms with Crippen LogP contribution in [0.2, 0.25) is 0 Å². The molecule has 0 amide bonds. The molecule has 5 nitrogen and oxygen atoms in total. The number of likely N-dealkylation sites (N-methyl/N-ethyl adjacent to an activating group) is 1. The number of nitrogens with zero attached hydrogens (tertiary/aromatic N) is 2. The van der Waals surface area contributed by atoms with E-state index in [9.17, 15) is 0 Å². The lowest BCUT2D eigenvalue weighted by Crippen LogP contribution is -2.22. The van der Waals surface area contributed by atoms with Crippen LogP contribution in [0.5, 0.6) is 11.5 Å². The van der Waals surface area contributed by atoms with Crippen molar-refractivity contribution < 1.29 is 9.47 Å². The number of hydrogen-bond donors (Lipinski definition) is 1. The summed E-state index contributed by atoms with van der Waals surface area (Å²) >= 11 is 0.